The van der Waals surface area contributed by atoms with Gasteiger partial charge in [-0.2, -0.15) is 0 Å². The van der Waals surface area contributed by atoms with E-state index in [1.807, 2.05) is 30.3 Å². The van der Waals surface area contributed by atoms with Gasteiger partial charge >= 0.3 is 5.97 Å². The standard InChI is InChI=1S/C21H11N3O4S/c25-19-17(29-21-23-15-2-1-7-22-18(15)24(19)21)9-13-4-6-16(28-13)11-3-5-14-12(8-11)10-27-20(14)26/h1-9H,10H2/b17-9-. The van der Waals surface area contributed by atoms with E-state index in [1.165, 1.54) is 15.7 Å². The molecule has 0 atom stereocenters. The molecule has 6 rings (SSSR count). The summed E-state index contributed by atoms with van der Waals surface area (Å²) in [5, 5.41) is 0. The highest BCUT2D eigenvalue weighted by Gasteiger charge is 2.21. The molecule has 0 radical (unpaired) electrons. The number of thiazole rings is 1. The molecule has 0 amide bonds. The normalized spacial score (nSPS) is 14.1. The zero-order valence-electron chi connectivity index (χ0n) is 14.8. The van der Waals surface area contributed by atoms with Crippen molar-refractivity contribution in [2.75, 3.05) is 0 Å². The van der Waals surface area contributed by atoms with Crippen molar-refractivity contribution in [1.82, 2.24) is 14.4 Å². The van der Waals surface area contributed by atoms with E-state index >= 15 is 0 Å². The van der Waals surface area contributed by atoms with E-state index in [0.29, 0.717) is 37.7 Å². The van der Waals surface area contributed by atoms with Crippen molar-refractivity contribution in [1.29, 1.82) is 0 Å². The van der Waals surface area contributed by atoms with Crippen LogP contribution in [0.15, 0.2) is 57.9 Å². The number of pyridine rings is 1. The molecule has 1 aliphatic heterocycles. The number of furan rings is 1. The van der Waals surface area contributed by atoms with Crippen LogP contribution in [0.4, 0.5) is 0 Å². The lowest BCUT2D eigenvalue weighted by atomic mass is 10.0. The highest BCUT2D eigenvalue weighted by molar-refractivity contribution is 7.15. The fourth-order valence-corrected chi connectivity index (χ4v) is 4.44. The number of aromatic nitrogens is 3. The predicted octanol–water partition coefficient (Wildman–Crippen LogP) is 2.78. The number of nitrogens with zero attached hydrogens (tertiary/aromatic N) is 3. The van der Waals surface area contributed by atoms with E-state index < -0.39 is 0 Å². The monoisotopic (exact) mass is 401 g/mol. The van der Waals surface area contributed by atoms with Gasteiger partial charge in [0.25, 0.3) is 5.56 Å². The molecule has 0 saturated carbocycles. The van der Waals surface area contributed by atoms with E-state index in [-0.39, 0.29) is 18.1 Å². The molecule has 1 aromatic carbocycles. The number of hydrogen-bond donors (Lipinski definition) is 0. The Labute approximate surface area is 166 Å². The first kappa shape index (κ1) is 16.2. The third kappa shape index (κ3) is 2.43. The summed E-state index contributed by atoms with van der Waals surface area (Å²) in [6, 6.07) is 12.7. The van der Waals surface area contributed by atoms with Gasteiger partial charge in [0.2, 0.25) is 0 Å². The lowest BCUT2D eigenvalue weighted by Gasteiger charge is -1.99. The molecule has 0 aliphatic carbocycles. The maximum atomic E-state index is 12.8. The quantitative estimate of drug-likeness (QED) is 0.423. The number of ether oxygens (including phenoxy) is 1. The van der Waals surface area contributed by atoms with Gasteiger partial charge in [0, 0.05) is 23.4 Å². The van der Waals surface area contributed by atoms with Crippen molar-refractivity contribution in [3.05, 3.63) is 80.4 Å². The Hall–Kier alpha value is -3.78. The first-order chi connectivity index (χ1) is 14.2. The Balaban J connectivity index is 1.42. The zero-order valence-corrected chi connectivity index (χ0v) is 15.6. The van der Waals surface area contributed by atoms with Crippen molar-refractivity contribution >= 4 is 39.5 Å². The zero-order chi connectivity index (χ0) is 19.5. The van der Waals surface area contributed by atoms with Gasteiger partial charge in [0.1, 0.15) is 28.2 Å². The molecule has 140 valence electrons. The maximum absolute atomic E-state index is 12.8. The number of benzene rings is 1. The average molecular weight is 401 g/mol. The first-order valence-electron chi connectivity index (χ1n) is 8.85. The molecule has 0 N–H and O–H groups in total. The smallest absolute Gasteiger partial charge is 0.338 e. The van der Waals surface area contributed by atoms with Crippen LogP contribution in [0.5, 0.6) is 0 Å². The van der Waals surface area contributed by atoms with Gasteiger partial charge in [-0.25, -0.2) is 19.2 Å². The van der Waals surface area contributed by atoms with Crippen LogP contribution in [0.25, 0.3) is 33.5 Å². The summed E-state index contributed by atoms with van der Waals surface area (Å²) in [5.74, 6) is 0.915. The Bertz CT molecular complexity index is 1560. The SMILES string of the molecule is O=C1OCc2cc(-c3ccc(/C=c4\sc5nc6cccnc6n5c4=O)o3)ccc21. The average Bonchev–Trinajstić information content (AvgIpc) is 3.48. The van der Waals surface area contributed by atoms with Crippen LogP contribution in [0, 0.1) is 0 Å². The molecule has 7 nitrogen and oxygen atoms in total. The second-order valence-electron chi connectivity index (χ2n) is 6.64. The molecule has 5 aromatic rings. The molecular formula is C21H11N3O4S. The van der Waals surface area contributed by atoms with Gasteiger partial charge in [0.05, 0.1) is 5.56 Å². The van der Waals surface area contributed by atoms with E-state index in [2.05, 4.69) is 9.97 Å². The van der Waals surface area contributed by atoms with Crippen LogP contribution in [-0.4, -0.2) is 20.3 Å². The van der Waals surface area contributed by atoms with Gasteiger partial charge in [-0.15, -0.1) is 0 Å². The minimum Gasteiger partial charge on any atom is -0.457 e. The summed E-state index contributed by atoms with van der Waals surface area (Å²) in [7, 11) is 0. The largest absolute Gasteiger partial charge is 0.457 e. The molecule has 0 fully saturated rings. The van der Waals surface area contributed by atoms with Crippen LogP contribution >= 0.6 is 11.3 Å². The Morgan fingerprint density at radius 3 is 3.00 bits per heavy atom. The lowest BCUT2D eigenvalue weighted by Crippen LogP contribution is -2.22. The van der Waals surface area contributed by atoms with Crippen molar-refractivity contribution < 1.29 is 13.9 Å². The molecule has 0 bridgehead atoms. The van der Waals surface area contributed by atoms with E-state index in [0.717, 1.165) is 11.1 Å². The van der Waals surface area contributed by atoms with Crippen LogP contribution in [0.2, 0.25) is 0 Å². The van der Waals surface area contributed by atoms with Crippen LogP contribution in [0.1, 0.15) is 21.7 Å². The fraction of sp³-hybridized carbons (Fsp3) is 0.0476. The summed E-state index contributed by atoms with van der Waals surface area (Å²) in [6.45, 7) is 0.276. The molecule has 5 heterocycles. The van der Waals surface area contributed by atoms with Crippen molar-refractivity contribution in [2.24, 2.45) is 0 Å². The Morgan fingerprint density at radius 1 is 1.14 bits per heavy atom. The number of fused-ring (bicyclic) bond motifs is 4. The molecule has 1 aliphatic rings. The number of cyclic esters (lactones) is 1. The summed E-state index contributed by atoms with van der Waals surface area (Å²) in [6.07, 6.45) is 3.35. The van der Waals surface area contributed by atoms with Crippen molar-refractivity contribution in [3.63, 3.8) is 0 Å². The van der Waals surface area contributed by atoms with E-state index in [1.54, 1.807) is 24.4 Å². The number of imidazole rings is 1. The molecule has 29 heavy (non-hydrogen) atoms. The molecule has 8 heteroatoms. The van der Waals surface area contributed by atoms with E-state index in [9.17, 15) is 9.59 Å². The maximum Gasteiger partial charge on any atom is 0.338 e. The minimum atomic E-state index is -0.298. The van der Waals surface area contributed by atoms with E-state index in [4.69, 9.17) is 9.15 Å². The second-order valence-corrected chi connectivity index (χ2v) is 7.65. The molecule has 0 saturated heterocycles. The summed E-state index contributed by atoms with van der Waals surface area (Å²) >= 11 is 1.30. The Kier molecular flexibility index (Phi) is 3.27. The second kappa shape index (κ2) is 5.86. The predicted molar refractivity (Wildman–Crippen MR) is 107 cm³/mol. The van der Waals surface area contributed by atoms with Gasteiger partial charge in [0.15, 0.2) is 10.6 Å². The molecule has 4 aromatic heterocycles. The summed E-state index contributed by atoms with van der Waals surface area (Å²) in [4.78, 5) is 33.7. The van der Waals surface area contributed by atoms with Crippen molar-refractivity contribution in [2.45, 2.75) is 6.61 Å². The van der Waals surface area contributed by atoms with Gasteiger partial charge in [-0.3, -0.25) is 4.79 Å². The van der Waals surface area contributed by atoms with Crippen molar-refractivity contribution in [3.8, 4) is 11.3 Å². The number of carbonyl (C=O) groups is 1. The fourth-order valence-electron chi connectivity index (χ4n) is 3.49. The van der Waals surface area contributed by atoms with Crippen LogP contribution < -0.4 is 10.1 Å². The highest BCUT2D eigenvalue weighted by Crippen LogP contribution is 2.28. The number of esters is 1. The highest BCUT2D eigenvalue weighted by atomic mass is 32.1. The number of hydrogen-bond acceptors (Lipinski definition) is 7. The number of carbonyl (C=O) groups excluding carboxylic acids is 1. The van der Waals surface area contributed by atoms with Gasteiger partial charge in [-0.05, 0) is 36.4 Å². The van der Waals surface area contributed by atoms with Gasteiger partial charge < -0.3 is 9.15 Å². The summed E-state index contributed by atoms with van der Waals surface area (Å²) < 4.78 is 13.0. The first-order valence-corrected chi connectivity index (χ1v) is 9.67. The van der Waals surface area contributed by atoms with Gasteiger partial charge in [-0.1, -0.05) is 17.4 Å². The molecule has 0 spiro atoms. The third-order valence-electron chi connectivity index (χ3n) is 4.87. The van der Waals surface area contributed by atoms with Crippen LogP contribution in [-0.2, 0) is 11.3 Å². The topological polar surface area (TPSA) is 86.7 Å². The third-order valence-corrected chi connectivity index (χ3v) is 5.84. The lowest BCUT2D eigenvalue weighted by molar-refractivity contribution is 0.0535. The molecule has 0 unspecified atom stereocenters. The Morgan fingerprint density at radius 2 is 2.07 bits per heavy atom. The summed E-state index contributed by atoms with van der Waals surface area (Å²) in [5.41, 5.74) is 3.36. The van der Waals surface area contributed by atoms with Crippen LogP contribution in [0.3, 0.4) is 0 Å². The minimum absolute atomic E-state index is 0.169. The molecular weight excluding hydrogens is 390 g/mol. The number of rotatable bonds is 2.